The van der Waals surface area contributed by atoms with Crippen molar-refractivity contribution >= 4 is 34.1 Å². The number of nitrogens with one attached hydrogen (secondary N) is 1. The van der Waals surface area contributed by atoms with Crippen LogP contribution in [0.15, 0.2) is 24.4 Å². The monoisotopic (exact) mass is 335 g/mol. The number of halogens is 2. The molecule has 1 amide bonds. The molecule has 0 aliphatic carbocycles. The number of carbonyl (C=O) groups is 1. The largest absolute Gasteiger partial charge is 0.368 e. The number of carbonyl (C=O) groups excluding carboxylic acids is 1. The van der Waals surface area contributed by atoms with E-state index in [4.69, 9.17) is 11.6 Å². The highest BCUT2D eigenvalue weighted by Gasteiger charge is 2.27. The number of piperidine rings is 1. The minimum absolute atomic E-state index is 0.0413. The van der Waals surface area contributed by atoms with Crippen LogP contribution in [0.1, 0.15) is 19.8 Å². The molecule has 1 N–H and O–H groups in total. The third kappa shape index (κ3) is 3.11. The molecule has 6 heteroatoms. The number of hydrogen-bond acceptors (Lipinski definition) is 3. The van der Waals surface area contributed by atoms with Gasteiger partial charge in [-0.15, -0.1) is 0 Å². The predicted octanol–water partition coefficient (Wildman–Crippen LogP) is 3.38. The second-order valence-corrected chi connectivity index (χ2v) is 6.17. The Labute approximate surface area is 139 Å². The summed E-state index contributed by atoms with van der Waals surface area (Å²) in [6, 6.07) is 5.17. The van der Waals surface area contributed by atoms with Crippen LogP contribution in [0.3, 0.4) is 0 Å². The van der Waals surface area contributed by atoms with Crippen molar-refractivity contribution in [1.29, 1.82) is 0 Å². The molecule has 1 fully saturated rings. The van der Waals surface area contributed by atoms with E-state index in [1.165, 1.54) is 6.20 Å². The van der Waals surface area contributed by atoms with Crippen molar-refractivity contribution in [3.63, 3.8) is 0 Å². The third-order valence-corrected chi connectivity index (χ3v) is 4.59. The van der Waals surface area contributed by atoms with E-state index in [1.54, 1.807) is 18.2 Å². The summed E-state index contributed by atoms with van der Waals surface area (Å²) < 4.78 is 14.8. The second-order valence-electron chi connectivity index (χ2n) is 5.77. The van der Waals surface area contributed by atoms with Crippen molar-refractivity contribution in [3.8, 4) is 0 Å². The number of anilines is 1. The average Bonchev–Trinajstić information content (AvgIpc) is 2.56. The fraction of sp³-hybridized carbons (Fsp3) is 0.412. The highest BCUT2D eigenvalue weighted by atomic mass is 35.5. The molecule has 1 aromatic heterocycles. The van der Waals surface area contributed by atoms with Gasteiger partial charge in [0, 0.05) is 31.2 Å². The van der Waals surface area contributed by atoms with Gasteiger partial charge in [-0.05, 0) is 38.0 Å². The summed E-state index contributed by atoms with van der Waals surface area (Å²) in [5.74, 6) is -0.438. The van der Waals surface area contributed by atoms with Crippen LogP contribution in [-0.2, 0) is 4.79 Å². The molecule has 3 rings (SSSR count). The maximum atomic E-state index is 14.8. The zero-order valence-electron chi connectivity index (χ0n) is 13.0. The Morgan fingerprint density at radius 1 is 1.48 bits per heavy atom. The first-order valence-electron chi connectivity index (χ1n) is 7.87. The SMILES string of the molecule is CCNC(=O)C1CCCN(c2ccc3c(Cl)ccnc3c2F)C1. The number of rotatable bonds is 3. The zero-order valence-corrected chi connectivity index (χ0v) is 13.7. The summed E-state index contributed by atoms with van der Waals surface area (Å²) in [7, 11) is 0. The van der Waals surface area contributed by atoms with Gasteiger partial charge >= 0.3 is 0 Å². The van der Waals surface area contributed by atoms with E-state index < -0.39 is 0 Å². The van der Waals surface area contributed by atoms with E-state index in [0.29, 0.717) is 29.2 Å². The van der Waals surface area contributed by atoms with Gasteiger partial charge in [0.2, 0.25) is 5.91 Å². The molecule has 23 heavy (non-hydrogen) atoms. The molecule has 1 aromatic carbocycles. The quantitative estimate of drug-likeness (QED) is 0.935. The fourth-order valence-corrected chi connectivity index (χ4v) is 3.32. The number of nitrogens with zero attached hydrogens (tertiary/aromatic N) is 2. The number of pyridine rings is 1. The van der Waals surface area contributed by atoms with Gasteiger partial charge in [-0.25, -0.2) is 4.39 Å². The Morgan fingerprint density at radius 3 is 3.09 bits per heavy atom. The van der Waals surface area contributed by atoms with Crippen molar-refractivity contribution in [3.05, 3.63) is 35.2 Å². The number of fused-ring (bicyclic) bond motifs is 1. The Bertz CT molecular complexity index is 737. The van der Waals surface area contributed by atoms with Crippen molar-refractivity contribution in [2.75, 3.05) is 24.5 Å². The van der Waals surface area contributed by atoms with Gasteiger partial charge in [0.1, 0.15) is 5.52 Å². The number of amides is 1. The lowest BCUT2D eigenvalue weighted by atomic mass is 9.96. The normalized spacial score (nSPS) is 18.2. The van der Waals surface area contributed by atoms with Crippen molar-refractivity contribution in [1.82, 2.24) is 10.3 Å². The predicted molar refractivity (Wildman–Crippen MR) is 90.3 cm³/mol. The summed E-state index contributed by atoms with van der Waals surface area (Å²) in [5.41, 5.74) is 0.761. The summed E-state index contributed by atoms with van der Waals surface area (Å²) in [6.07, 6.45) is 3.20. The first kappa shape index (κ1) is 16.0. The van der Waals surface area contributed by atoms with Crippen molar-refractivity contribution in [2.45, 2.75) is 19.8 Å². The Morgan fingerprint density at radius 2 is 2.30 bits per heavy atom. The molecule has 0 bridgehead atoms. The van der Waals surface area contributed by atoms with E-state index in [0.717, 1.165) is 19.4 Å². The highest BCUT2D eigenvalue weighted by Crippen LogP contribution is 2.32. The average molecular weight is 336 g/mol. The third-order valence-electron chi connectivity index (χ3n) is 4.26. The first-order valence-corrected chi connectivity index (χ1v) is 8.25. The van der Waals surface area contributed by atoms with Crippen LogP contribution in [0, 0.1) is 11.7 Å². The summed E-state index contributed by atoms with van der Waals surface area (Å²) in [4.78, 5) is 18.1. The highest BCUT2D eigenvalue weighted by molar-refractivity contribution is 6.35. The first-order chi connectivity index (χ1) is 11.1. The molecular formula is C17H19ClFN3O. The molecule has 1 saturated heterocycles. The molecule has 0 saturated carbocycles. The van der Waals surface area contributed by atoms with Crippen LogP contribution in [-0.4, -0.2) is 30.5 Å². The minimum atomic E-state index is -0.374. The number of aromatic nitrogens is 1. The van der Waals surface area contributed by atoms with Crippen molar-refractivity contribution < 1.29 is 9.18 Å². The Hall–Kier alpha value is -1.88. The standard InChI is InChI=1S/C17H19ClFN3O/c1-2-20-17(23)11-4-3-9-22(10-11)14-6-5-12-13(18)7-8-21-16(12)15(14)19/h5-8,11H,2-4,9-10H2,1H3,(H,20,23). The van der Waals surface area contributed by atoms with Crippen LogP contribution in [0.4, 0.5) is 10.1 Å². The van der Waals surface area contributed by atoms with Gasteiger partial charge in [-0.1, -0.05) is 11.6 Å². The van der Waals surface area contributed by atoms with Gasteiger partial charge in [-0.2, -0.15) is 0 Å². The van der Waals surface area contributed by atoms with Crippen LogP contribution >= 0.6 is 11.6 Å². The lowest BCUT2D eigenvalue weighted by molar-refractivity contribution is -0.125. The lowest BCUT2D eigenvalue weighted by Crippen LogP contribution is -2.43. The Balaban J connectivity index is 1.91. The smallest absolute Gasteiger partial charge is 0.224 e. The van der Waals surface area contributed by atoms with E-state index in [9.17, 15) is 9.18 Å². The van der Waals surface area contributed by atoms with Gasteiger partial charge in [0.15, 0.2) is 5.82 Å². The van der Waals surface area contributed by atoms with Gasteiger partial charge in [0.25, 0.3) is 0 Å². The molecule has 2 heterocycles. The number of benzene rings is 1. The molecule has 122 valence electrons. The minimum Gasteiger partial charge on any atom is -0.368 e. The summed E-state index contributed by atoms with van der Waals surface area (Å²) in [5, 5.41) is 3.94. The molecule has 0 radical (unpaired) electrons. The number of hydrogen-bond donors (Lipinski definition) is 1. The molecule has 2 aromatic rings. The van der Waals surface area contributed by atoms with Crippen LogP contribution in [0.25, 0.3) is 10.9 Å². The molecule has 1 aliphatic heterocycles. The van der Waals surface area contributed by atoms with Crippen LogP contribution in [0.2, 0.25) is 5.02 Å². The lowest BCUT2D eigenvalue weighted by Gasteiger charge is -2.34. The van der Waals surface area contributed by atoms with Gasteiger partial charge < -0.3 is 10.2 Å². The van der Waals surface area contributed by atoms with E-state index >= 15 is 0 Å². The van der Waals surface area contributed by atoms with Gasteiger partial charge in [0.05, 0.1) is 16.6 Å². The topological polar surface area (TPSA) is 45.2 Å². The fourth-order valence-electron chi connectivity index (χ4n) is 3.11. The van der Waals surface area contributed by atoms with Crippen LogP contribution < -0.4 is 10.2 Å². The second kappa shape index (κ2) is 6.71. The molecule has 0 spiro atoms. The van der Waals surface area contributed by atoms with Crippen LogP contribution in [0.5, 0.6) is 0 Å². The zero-order chi connectivity index (χ0) is 16.4. The molecule has 1 unspecified atom stereocenters. The maximum absolute atomic E-state index is 14.8. The van der Waals surface area contributed by atoms with E-state index in [-0.39, 0.29) is 23.2 Å². The van der Waals surface area contributed by atoms with Crippen molar-refractivity contribution in [2.24, 2.45) is 5.92 Å². The Kier molecular flexibility index (Phi) is 4.66. The van der Waals surface area contributed by atoms with Gasteiger partial charge in [-0.3, -0.25) is 9.78 Å². The molecule has 4 nitrogen and oxygen atoms in total. The summed E-state index contributed by atoms with van der Waals surface area (Å²) in [6.45, 7) is 3.77. The summed E-state index contributed by atoms with van der Waals surface area (Å²) >= 11 is 6.09. The van der Waals surface area contributed by atoms with E-state index in [2.05, 4.69) is 10.3 Å². The molecule has 1 atom stereocenters. The molecule has 1 aliphatic rings. The van der Waals surface area contributed by atoms with E-state index in [1.807, 2.05) is 11.8 Å². The molecular weight excluding hydrogens is 317 g/mol. The maximum Gasteiger partial charge on any atom is 0.224 e.